The van der Waals surface area contributed by atoms with Crippen LogP contribution in [0, 0.1) is 6.92 Å². The first kappa shape index (κ1) is 23.8. The maximum atomic E-state index is 14.5. The number of rotatable bonds is 4. The largest absolute Gasteiger partial charge is 0.425 e. The van der Waals surface area contributed by atoms with Crippen LogP contribution in [0.15, 0.2) is 53.7 Å². The molecule has 0 saturated carbocycles. The monoisotopic (exact) mass is 484 g/mol. The van der Waals surface area contributed by atoms with Crippen LogP contribution in [0.25, 0.3) is 0 Å². The highest BCUT2D eigenvalue weighted by Gasteiger charge is 2.70. The molecule has 2 amide bonds. The summed E-state index contributed by atoms with van der Waals surface area (Å²) in [6.07, 6.45) is -5.33. The molecule has 0 saturated heterocycles. The first-order chi connectivity index (χ1) is 14.8. The fourth-order valence-corrected chi connectivity index (χ4v) is 4.19. The molecule has 1 N–H and O–H groups in total. The van der Waals surface area contributed by atoms with Crippen molar-refractivity contribution in [3.05, 3.63) is 74.9 Å². The maximum absolute atomic E-state index is 14.5. The summed E-state index contributed by atoms with van der Waals surface area (Å²) >= 11 is 11.8. The number of nitrogens with zero attached hydrogens (tertiary/aromatic N) is 1. The van der Waals surface area contributed by atoms with Gasteiger partial charge in [-0.3, -0.25) is 19.3 Å². The molecule has 0 spiro atoms. The summed E-state index contributed by atoms with van der Waals surface area (Å²) in [5.74, 6) is -3.81. The maximum Gasteiger partial charge on any atom is 0.425 e. The molecule has 0 fully saturated rings. The topological polar surface area (TPSA) is 66.5 Å². The highest BCUT2D eigenvalue weighted by Crippen LogP contribution is 2.46. The van der Waals surface area contributed by atoms with Crippen LogP contribution >= 0.6 is 23.2 Å². The molecule has 1 heterocycles. The van der Waals surface area contributed by atoms with Crippen LogP contribution in [0.1, 0.15) is 29.8 Å². The number of carbonyl (C=O) groups excluding carboxylic acids is 3. The van der Waals surface area contributed by atoms with Crippen LogP contribution in [0.3, 0.4) is 0 Å². The van der Waals surface area contributed by atoms with Crippen molar-refractivity contribution in [2.45, 2.75) is 32.5 Å². The molecule has 0 aromatic heterocycles. The standard InChI is InChI=1S/C22H17Cl2F3N2O3/c1-11-4-7-15(8-5-11)29-12(2)18(13(3)30)21(20(29)32,22(25,26)27)28-19(31)16-9-6-14(23)10-17(16)24/h4-10H,1-3H3,(H,28,31)/t21-/m1/s1. The van der Waals surface area contributed by atoms with Gasteiger partial charge >= 0.3 is 6.18 Å². The third-order valence-electron chi connectivity index (χ3n) is 5.14. The summed E-state index contributed by atoms with van der Waals surface area (Å²) in [7, 11) is 0. The Balaban J connectivity index is 2.20. The van der Waals surface area contributed by atoms with Gasteiger partial charge in [0, 0.05) is 16.4 Å². The van der Waals surface area contributed by atoms with E-state index in [1.54, 1.807) is 24.4 Å². The predicted octanol–water partition coefficient (Wildman–Crippen LogP) is 5.24. The fourth-order valence-electron chi connectivity index (χ4n) is 3.69. The molecule has 168 valence electrons. The van der Waals surface area contributed by atoms with Gasteiger partial charge in [-0.15, -0.1) is 0 Å². The van der Waals surface area contributed by atoms with Gasteiger partial charge in [-0.1, -0.05) is 40.9 Å². The summed E-state index contributed by atoms with van der Waals surface area (Å²) in [5.41, 5.74) is -4.07. The van der Waals surface area contributed by atoms with Gasteiger partial charge < -0.3 is 5.32 Å². The van der Waals surface area contributed by atoms with Gasteiger partial charge in [0.25, 0.3) is 11.8 Å². The molecule has 10 heteroatoms. The minimum Gasteiger partial charge on any atom is -0.326 e. The molecule has 3 rings (SSSR count). The van der Waals surface area contributed by atoms with Gasteiger partial charge in [-0.05, 0) is 51.1 Å². The lowest BCUT2D eigenvalue weighted by atomic mass is 9.86. The van der Waals surface area contributed by atoms with Crippen molar-refractivity contribution in [2.75, 3.05) is 4.90 Å². The number of amides is 2. The van der Waals surface area contributed by atoms with Crippen LogP contribution in [0.4, 0.5) is 18.9 Å². The first-order valence-electron chi connectivity index (χ1n) is 9.29. The van der Waals surface area contributed by atoms with Gasteiger partial charge in [-0.25, -0.2) is 0 Å². The molecule has 0 aliphatic carbocycles. The Labute approximate surface area is 191 Å². The van der Waals surface area contributed by atoms with E-state index in [4.69, 9.17) is 23.2 Å². The number of hydrogen-bond acceptors (Lipinski definition) is 3. The van der Waals surface area contributed by atoms with E-state index in [1.807, 2.05) is 0 Å². The number of carbonyl (C=O) groups is 3. The molecule has 0 radical (unpaired) electrons. The minimum absolute atomic E-state index is 0.127. The van der Waals surface area contributed by atoms with E-state index in [-0.39, 0.29) is 27.0 Å². The van der Waals surface area contributed by atoms with Crippen LogP contribution < -0.4 is 10.2 Å². The van der Waals surface area contributed by atoms with Crippen LogP contribution in [-0.2, 0) is 9.59 Å². The molecule has 1 atom stereocenters. The van der Waals surface area contributed by atoms with E-state index < -0.39 is 34.9 Å². The average Bonchev–Trinajstić information content (AvgIpc) is 2.90. The highest BCUT2D eigenvalue weighted by molar-refractivity contribution is 6.37. The van der Waals surface area contributed by atoms with E-state index in [1.165, 1.54) is 31.2 Å². The molecular weight excluding hydrogens is 468 g/mol. The lowest BCUT2D eigenvalue weighted by Crippen LogP contribution is -2.66. The summed E-state index contributed by atoms with van der Waals surface area (Å²) in [6, 6.07) is 9.72. The van der Waals surface area contributed by atoms with Crippen molar-refractivity contribution in [1.82, 2.24) is 5.32 Å². The van der Waals surface area contributed by atoms with Crippen LogP contribution in [0.2, 0.25) is 10.0 Å². The molecule has 32 heavy (non-hydrogen) atoms. The molecule has 1 aliphatic rings. The Kier molecular flexibility index (Phi) is 6.14. The molecule has 2 aromatic rings. The first-order valence-corrected chi connectivity index (χ1v) is 10.0. The Morgan fingerprint density at radius 2 is 1.62 bits per heavy atom. The number of aryl methyl sites for hydroxylation is 1. The Morgan fingerprint density at radius 1 is 1.03 bits per heavy atom. The number of anilines is 1. The zero-order valence-corrected chi connectivity index (χ0v) is 18.6. The van der Waals surface area contributed by atoms with Gasteiger partial charge in [-0.2, -0.15) is 13.2 Å². The Hall–Kier alpha value is -2.84. The van der Waals surface area contributed by atoms with Crippen LogP contribution in [-0.4, -0.2) is 29.3 Å². The van der Waals surface area contributed by atoms with Gasteiger partial charge in [0.1, 0.15) is 0 Å². The zero-order valence-electron chi connectivity index (χ0n) is 17.1. The van der Waals surface area contributed by atoms with Gasteiger partial charge in [0.05, 0.1) is 16.2 Å². The molecule has 0 unspecified atom stereocenters. The lowest BCUT2D eigenvalue weighted by Gasteiger charge is -2.33. The number of allylic oxidation sites excluding steroid dienone is 1. The van der Waals surface area contributed by atoms with E-state index in [9.17, 15) is 27.6 Å². The zero-order chi connectivity index (χ0) is 24.0. The average molecular weight is 485 g/mol. The minimum atomic E-state index is -5.33. The number of alkyl halides is 3. The second-order valence-electron chi connectivity index (χ2n) is 7.32. The smallest absolute Gasteiger partial charge is 0.326 e. The summed E-state index contributed by atoms with van der Waals surface area (Å²) in [4.78, 5) is 39.4. The van der Waals surface area contributed by atoms with E-state index in [0.717, 1.165) is 23.5 Å². The summed E-state index contributed by atoms with van der Waals surface area (Å²) in [6.45, 7) is 3.91. The quantitative estimate of drug-likeness (QED) is 0.644. The molecule has 2 aromatic carbocycles. The third-order valence-corrected chi connectivity index (χ3v) is 5.69. The van der Waals surface area contributed by atoms with Crippen molar-refractivity contribution in [2.24, 2.45) is 0 Å². The van der Waals surface area contributed by atoms with Gasteiger partial charge in [0.2, 0.25) is 5.54 Å². The number of nitrogens with one attached hydrogen (secondary N) is 1. The normalized spacial score (nSPS) is 18.9. The molecule has 5 nitrogen and oxygen atoms in total. The number of ketones is 1. The van der Waals surface area contributed by atoms with Gasteiger partial charge in [0.15, 0.2) is 5.78 Å². The van der Waals surface area contributed by atoms with Crippen LogP contribution in [0.5, 0.6) is 0 Å². The number of hydrogen-bond donors (Lipinski definition) is 1. The van der Waals surface area contributed by atoms with E-state index in [2.05, 4.69) is 0 Å². The third kappa shape index (κ3) is 3.78. The SMILES string of the molecule is CC(=O)C1=C(C)N(c2ccc(C)cc2)C(=O)[C@@]1(NC(=O)c1ccc(Cl)cc1Cl)C(F)(F)F. The van der Waals surface area contributed by atoms with E-state index >= 15 is 0 Å². The van der Waals surface area contributed by atoms with E-state index in [0.29, 0.717) is 0 Å². The molecular formula is C22H17Cl2F3N2O3. The Bertz CT molecular complexity index is 1160. The summed E-state index contributed by atoms with van der Waals surface area (Å²) < 4.78 is 43.6. The van der Waals surface area contributed by atoms with Crippen molar-refractivity contribution in [1.29, 1.82) is 0 Å². The highest BCUT2D eigenvalue weighted by atomic mass is 35.5. The van der Waals surface area contributed by atoms with Crippen molar-refractivity contribution >= 4 is 46.5 Å². The Morgan fingerprint density at radius 3 is 2.12 bits per heavy atom. The number of benzene rings is 2. The number of Topliss-reactive ketones (excluding diaryl/α,β-unsaturated/α-hetero) is 1. The second kappa shape index (κ2) is 8.26. The fraction of sp³-hybridized carbons (Fsp3) is 0.227. The molecule has 1 aliphatic heterocycles. The number of halogens is 5. The second-order valence-corrected chi connectivity index (χ2v) is 8.16. The summed E-state index contributed by atoms with van der Waals surface area (Å²) in [5, 5.41) is 1.73. The molecule has 0 bridgehead atoms. The lowest BCUT2D eigenvalue weighted by molar-refractivity contribution is -0.185. The van der Waals surface area contributed by atoms with Crippen molar-refractivity contribution in [3.8, 4) is 0 Å². The van der Waals surface area contributed by atoms with Crippen molar-refractivity contribution < 1.29 is 27.6 Å². The predicted molar refractivity (Wildman–Crippen MR) is 115 cm³/mol. The van der Waals surface area contributed by atoms with Crippen molar-refractivity contribution in [3.63, 3.8) is 0 Å².